The third-order valence-corrected chi connectivity index (χ3v) is 3.80. The number of hydrogen-bond donors (Lipinski definition) is 1. The van der Waals surface area contributed by atoms with E-state index in [1.807, 2.05) is 0 Å². The van der Waals surface area contributed by atoms with Gasteiger partial charge in [-0.25, -0.2) is 8.78 Å². The molecule has 2 nitrogen and oxygen atoms in total. The summed E-state index contributed by atoms with van der Waals surface area (Å²) in [6.07, 6.45) is 0. The molecular weight excluding hydrogens is 333 g/mol. The lowest BCUT2D eigenvalue weighted by Gasteiger charge is -2.04. The Balaban J connectivity index is 2.55. The van der Waals surface area contributed by atoms with Gasteiger partial charge in [0.15, 0.2) is 17.4 Å². The molecule has 18 heavy (non-hydrogen) atoms. The topological polar surface area (TPSA) is 37.3 Å². The number of ketones is 1. The summed E-state index contributed by atoms with van der Waals surface area (Å²) in [5.74, 6) is -6.97. The average Bonchev–Trinajstić information content (AvgIpc) is 2.77. The number of phenols is 1. The van der Waals surface area contributed by atoms with Gasteiger partial charge in [0.2, 0.25) is 11.6 Å². The van der Waals surface area contributed by atoms with Crippen LogP contribution in [0.5, 0.6) is 5.75 Å². The van der Waals surface area contributed by atoms with Gasteiger partial charge in [0.1, 0.15) is 0 Å². The van der Waals surface area contributed by atoms with E-state index < -0.39 is 34.5 Å². The first-order chi connectivity index (χ1) is 8.41. The summed E-state index contributed by atoms with van der Waals surface area (Å²) in [5.41, 5.74) is -0.708. The van der Waals surface area contributed by atoms with Gasteiger partial charge in [-0.05, 0) is 34.1 Å². The number of carbonyl (C=O) groups excluding carboxylic acids is 1. The molecule has 1 heterocycles. The van der Waals surface area contributed by atoms with Crippen molar-refractivity contribution in [2.75, 3.05) is 0 Å². The minimum atomic E-state index is -1.71. The number of aromatic hydroxyl groups is 1. The van der Waals surface area contributed by atoms with Crippen LogP contribution in [0.1, 0.15) is 15.2 Å². The first-order valence-electron chi connectivity index (χ1n) is 4.58. The monoisotopic (exact) mass is 336 g/mol. The van der Waals surface area contributed by atoms with Crippen molar-refractivity contribution in [3.8, 4) is 5.75 Å². The molecule has 94 valence electrons. The third kappa shape index (κ3) is 2.15. The Kier molecular flexibility index (Phi) is 3.45. The second-order valence-corrected chi connectivity index (χ2v) is 5.78. The molecule has 2 rings (SSSR count). The van der Waals surface area contributed by atoms with E-state index in [0.29, 0.717) is 9.85 Å². The fourth-order valence-corrected chi connectivity index (χ4v) is 2.66. The van der Waals surface area contributed by atoms with Crippen LogP contribution in [0.4, 0.5) is 13.2 Å². The second-order valence-electron chi connectivity index (χ2n) is 3.32. The maximum absolute atomic E-state index is 13.5. The fraction of sp³-hybridized carbons (Fsp3) is 0. The zero-order valence-electron chi connectivity index (χ0n) is 8.51. The normalized spacial score (nSPS) is 10.7. The largest absolute Gasteiger partial charge is 0.503 e. The zero-order valence-corrected chi connectivity index (χ0v) is 10.9. The van der Waals surface area contributed by atoms with E-state index in [0.717, 1.165) is 11.3 Å². The Morgan fingerprint density at radius 1 is 1.22 bits per heavy atom. The maximum atomic E-state index is 13.5. The van der Waals surface area contributed by atoms with Gasteiger partial charge in [-0.2, -0.15) is 4.39 Å². The molecule has 0 aliphatic heterocycles. The first-order valence-corrected chi connectivity index (χ1v) is 6.19. The van der Waals surface area contributed by atoms with E-state index in [1.165, 1.54) is 6.07 Å². The van der Waals surface area contributed by atoms with Crippen molar-refractivity contribution in [2.45, 2.75) is 0 Å². The van der Waals surface area contributed by atoms with Gasteiger partial charge in [0, 0.05) is 0 Å². The molecule has 0 spiro atoms. The van der Waals surface area contributed by atoms with Gasteiger partial charge in [-0.1, -0.05) is 0 Å². The van der Waals surface area contributed by atoms with Crippen LogP contribution in [0.25, 0.3) is 0 Å². The summed E-state index contributed by atoms with van der Waals surface area (Å²) < 4.78 is 40.0. The molecule has 0 unspecified atom stereocenters. The van der Waals surface area contributed by atoms with Crippen molar-refractivity contribution in [3.63, 3.8) is 0 Å². The van der Waals surface area contributed by atoms with Gasteiger partial charge >= 0.3 is 0 Å². The van der Waals surface area contributed by atoms with Crippen LogP contribution in [-0.2, 0) is 0 Å². The van der Waals surface area contributed by atoms with Crippen LogP contribution in [0, 0.1) is 17.5 Å². The smallest absolute Gasteiger partial charge is 0.206 e. The fourth-order valence-electron chi connectivity index (χ4n) is 1.32. The van der Waals surface area contributed by atoms with Gasteiger partial charge in [-0.15, -0.1) is 11.3 Å². The van der Waals surface area contributed by atoms with Crippen LogP contribution in [0.2, 0.25) is 0 Å². The van der Waals surface area contributed by atoms with Crippen LogP contribution in [-0.4, -0.2) is 10.9 Å². The molecule has 0 fully saturated rings. The molecular formula is C11H4BrF3O2S. The van der Waals surface area contributed by atoms with Crippen LogP contribution >= 0.6 is 27.3 Å². The summed E-state index contributed by atoms with van der Waals surface area (Å²) >= 11 is 4.14. The standard InChI is InChI=1S/C11H4BrF3O2S/c12-7-2-1-6(18-7)10(16)4-3-5(13)9(15)11(17)8(4)14/h1-3,17H. The zero-order chi connectivity index (χ0) is 13.4. The van der Waals surface area contributed by atoms with E-state index in [4.69, 9.17) is 5.11 Å². The Bertz CT molecular complexity index is 639. The summed E-state index contributed by atoms with van der Waals surface area (Å²) in [4.78, 5) is 12.0. The van der Waals surface area contributed by atoms with Gasteiger partial charge in [0.05, 0.1) is 14.2 Å². The Hall–Kier alpha value is -1.34. The molecule has 0 aliphatic rings. The highest BCUT2D eigenvalue weighted by molar-refractivity contribution is 9.11. The number of carbonyl (C=O) groups is 1. The number of halogens is 4. The molecule has 0 atom stereocenters. The summed E-state index contributed by atoms with van der Waals surface area (Å²) in [7, 11) is 0. The van der Waals surface area contributed by atoms with Crippen LogP contribution < -0.4 is 0 Å². The maximum Gasteiger partial charge on any atom is 0.206 e. The summed E-state index contributed by atoms with van der Waals surface area (Å²) in [5, 5.41) is 9.02. The van der Waals surface area contributed by atoms with E-state index in [1.54, 1.807) is 6.07 Å². The van der Waals surface area contributed by atoms with Gasteiger partial charge in [0.25, 0.3) is 0 Å². The molecule has 0 bridgehead atoms. The number of benzene rings is 1. The van der Waals surface area contributed by atoms with E-state index >= 15 is 0 Å². The number of hydrogen-bond acceptors (Lipinski definition) is 3. The number of phenolic OH excluding ortho intramolecular Hbond substituents is 1. The Labute approximate surface area is 112 Å². The molecule has 1 aromatic heterocycles. The van der Waals surface area contributed by atoms with Crippen molar-refractivity contribution in [1.29, 1.82) is 0 Å². The molecule has 7 heteroatoms. The van der Waals surface area contributed by atoms with Crippen molar-refractivity contribution < 1.29 is 23.1 Å². The molecule has 0 amide bonds. The predicted octanol–water partition coefficient (Wildman–Crippen LogP) is 3.86. The van der Waals surface area contributed by atoms with Crippen LogP contribution in [0.3, 0.4) is 0 Å². The quantitative estimate of drug-likeness (QED) is 0.667. The minimum absolute atomic E-state index is 0.145. The Morgan fingerprint density at radius 3 is 2.44 bits per heavy atom. The molecule has 2 aromatic rings. The molecule has 0 radical (unpaired) electrons. The lowest BCUT2D eigenvalue weighted by Crippen LogP contribution is -2.05. The first kappa shape index (κ1) is 13.1. The summed E-state index contributed by atoms with van der Waals surface area (Å²) in [6, 6.07) is 3.41. The number of thiophene rings is 1. The molecule has 0 aliphatic carbocycles. The molecule has 0 saturated heterocycles. The van der Waals surface area contributed by atoms with E-state index in [9.17, 15) is 18.0 Å². The van der Waals surface area contributed by atoms with Crippen molar-refractivity contribution in [1.82, 2.24) is 0 Å². The van der Waals surface area contributed by atoms with E-state index in [-0.39, 0.29) is 4.88 Å². The molecule has 1 aromatic carbocycles. The summed E-state index contributed by atoms with van der Waals surface area (Å²) in [6.45, 7) is 0. The second kappa shape index (κ2) is 4.74. The van der Waals surface area contributed by atoms with Crippen molar-refractivity contribution in [3.05, 3.63) is 49.9 Å². The SMILES string of the molecule is O=C(c1ccc(Br)s1)c1cc(F)c(F)c(O)c1F. The highest BCUT2D eigenvalue weighted by Crippen LogP contribution is 2.30. The Morgan fingerprint density at radius 2 is 1.89 bits per heavy atom. The average molecular weight is 337 g/mol. The predicted molar refractivity (Wildman–Crippen MR) is 63.4 cm³/mol. The van der Waals surface area contributed by atoms with Gasteiger partial charge < -0.3 is 5.11 Å². The van der Waals surface area contributed by atoms with Crippen molar-refractivity contribution in [2.24, 2.45) is 0 Å². The van der Waals surface area contributed by atoms with E-state index in [2.05, 4.69) is 15.9 Å². The third-order valence-electron chi connectivity index (χ3n) is 2.17. The molecule has 1 N–H and O–H groups in total. The lowest BCUT2D eigenvalue weighted by atomic mass is 10.1. The van der Waals surface area contributed by atoms with Crippen LogP contribution in [0.15, 0.2) is 22.0 Å². The minimum Gasteiger partial charge on any atom is -0.503 e. The van der Waals surface area contributed by atoms with Gasteiger partial charge in [-0.3, -0.25) is 4.79 Å². The van der Waals surface area contributed by atoms with Crippen molar-refractivity contribution >= 4 is 33.0 Å². The lowest BCUT2D eigenvalue weighted by molar-refractivity contribution is 0.103. The molecule has 0 saturated carbocycles. The highest BCUT2D eigenvalue weighted by atomic mass is 79.9. The number of rotatable bonds is 2. The highest BCUT2D eigenvalue weighted by Gasteiger charge is 2.24.